The first-order valence-electron chi connectivity index (χ1n) is 8.45. The SMILES string of the molecule is C#CCNS(=O)(=O)c1cccc(C(=O)OCC(=O)Nc2ccccc2CC)c1. The summed E-state index contributed by atoms with van der Waals surface area (Å²) in [5, 5.41) is 2.69. The van der Waals surface area contributed by atoms with Gasteiger partial charge in [-0.25, -0.2) is 13.2 Å². The third-order valence-corrected chi connectivity index (χ3v) is 5.15. The molecule has 0 aliphatic carbocycles. The molecule has 7 nitrogen and oxygen atoms in total. The standard InChI is InChI=1S/C20H20N2O5S/c1-3-12-21-28(25,26)17-10-7-9-16(13-17)20(24)27-14-19(23)22-18-11-6-5-8-15(18)4-2/h1,5-11,13,21H,4,12,14H2,2H3,(H,22,23). The highest BCUT2D eigenvalue weighted by Crippen LogP contribution is 2.15. The molecule has 0 aliphatic rings. The third-order valence-electron chi connectivity index (χ3n) is 3.75. The Bertz CT molecular complexity index is 1010. The molecule has 0 bridgehead atoms. The number of para-hydroxylation sites is 1. The van der Waals surface area contributed by atoms with Gasteiger partial charge in [0.15, 0.2) is 6.61 Å². The van der Waals surface area contributed by atoms with Crippen LogP contribution in [0.3, 0.4) is 0 Å². The van der Waals surface area contributed by atoms with Gasteiger partial charge in [-0.15, -0.1) is 6.42 Å². The highest BCUT2D eigenvalue weighted by Gasteiger charge is 2.17. The molecule has 146 valence electrons. The number of carbonyl (C=O) groups is 2. The van der Waals surface area contributed by atoms with Crippen LogP contribution in [-0.4, -0.2) is 33.4 Å². The summed E-state index contributed by atoms with van der Waals surface area (Å²) in [6, 6.07) is 12.6. The summed E-state index contributed by atoms with van der Waals surface area (Å²) in [6.45, 7) is 1.30. The van der Waals surface area contributed by atoms with Crippen molar-refractivity contribution in [2.75, 3.05) is 18.5 Å². The molecule has 0 heterocycles. The smallest absolute Gasteiger partial charge is 0.338 e. The molecule has 0 saturated carbocycles. The Morgan fingerprint density at radius 3 is 2.61 bits per heavy atom. The number of benzene rings is 2. The molecular weight excluding hydrogens is 380 g/mol. The molecule has 2 N–H and O–H groups in total. The molecule has 28 heavy (non-hydrogen) atoms. The molecule has 0 fully saturated rings. The predicted octanol–water partition coefficient (Wildman–Crippen LogP) is 1.96. The van der Waals surface area contributed by atoms with Gasteiger partial charge in [0.2, 0.25) is 10.0 Å². The average molecular weight is 400 g/mol. The summed E-state index contributed by atoms with van der Waals surface area (Å²) in [7, 11) is -3.84. The van der Waals surface area contributed by atoms with Gasteiger partial charge in [-0.05, 0) is 36.2 Å². The number of aryl methyl sites for hydroxylation is 1. The van der Waals surface area contributed by atoms with Gasteiger partial charge in [-0.3, -0.25) is 4.79 Å². The lowest BCUT2D eigenvalue weighted by Crippen LogP contribution is -2.24. The Morgan fingerprint density at radius 1 is 1.14 bits per heavy atom. The summed E-state index contributed by atoms with van der Waals surface area (Å²) in [5.74, 6) is 0.861. The second-order valence-corrected chi connectivity index (χ2v) is 7.46. The van der Waals surface area contributed by atoms with Gasteiger partial charge < -0.3 is 10.1 Å². The number of amides is 1. The summed E-state index contributed by atoms with van der Waals surface area (Å²) in [4.78, 5) is 24.1. The van der Waals surface area contributed by atoms with E-state index in [1.165, 1.54) is 18.2 Å². The Hall–Kier alpha value is -3.15. The summed E-state index contributed by atoms with van der Waals surface area (Å²) >= 11 is 0. The third kappa shape index (κ3) is 5.67. The first-order chi connectivity index (χ1) is 13.4. The number of hydrogen-bond donors (Lipinski definition) is 2. The fourth-order valence-electron chi connectivity index (χ4n) is 2.36. The summed E-state index contributed by atoms with van der Waals surface area (Å²) < 4.78 is 31.3. The number of nitrogens with one attached hydrogen (secondary N) is 2. The van der Waals surface area contributed by atoms with E-state index in [-0.39, 0.29) is 17.0 Å². The number of anilines is 1. The topological polar surface area (TPSA) is 102 Å². The fourth-order valence-corrected chi connectivity index (χ4v) is 3.34. The van der Waals surface area contributed by atoms with E-state index in [4.69, 9.17) is 11.2 Å². The van der Waals surface area contributed by atoms with Crippen molar-refractivity contribution in [2.24, 2.45) is 0 Å². The van der Waals surface area contributed by atoms with E-state index in [1.54, 1.807) is 12.1 Å². The molecule has 2 aromatic rings. The summed E-state index contributed by atoms with van der Waals surface area (Å²) in [6.07, 6.45) is 5.79. The van der Waals surface area contributed by atoms with Crippen LogP contribution in [0.15, 0.2) is 53.4 Å². The van der Waals surface area contributed by atoms with Gasteiger partial charge in [0.05, 0.1) is 17.0 Å². The van der Waals surface area contributed by atoms with Crippen molar-refractivity contribution in [3.8, 4) is 12.3 Å². The van der Waals surface area contributed by atoms with Crippen LogP contribution in [-0.2, 0) is 26.0 Å². The number of terminal acetylenes is 1. The molecule has 2 aromatic carbocycles. The zero-order valence-corrected chi connectivity index (χ0v) is 16.1. The molecule has 2 rings (SSSR count). The van der Waals surface area contributed by atoms with E-state index in [9.17, 15) is 18.0 Å². The zero-order valence-electron chi connectivity index (χ0n) is 15.3. The lowest BCUT2D eigenvalue weighted by molar-refractivity contribution is -0.119. The predicted molar refractivity (Wildman–Crippen MR) is 105 cm³/mol. The van der Waals surface area contributed by atoms with Crippen LogP contribution in [0.5, 0.6) is 0 Å². The maximum atomic E-state index is 12.2. The minimum absolute atomic E-state index is 0.00495. The first kappa shape index (κ1) is 21.2. The Labute approximate surface area is 164 Å². The molecule has 0 saturated heterocycles. The number of sulfonamides is 1. The molecular formula is C20H20N2O5S. The normalized spacial score (nSPS) is 10.7. The van der Waals surface area contributed by atoms with E-state index >= 15 is 0 Å². The maximum absolute atomic E-state index is 12.2. The number of ether oxygens (including phenoxy) is 1. The number of hydrogen-bond acceptors (Lipinski definition) is 5. The summed E-state index contributed by atoms with van der Waals surface area (Å²) in [5.41, 5.74) is 1.61. The molecule has 0 radical (unpaired) electrons. The van der Waals surface area contributed by atoms with E-state index in [0.717, 1.165) is 18.1 Å². The second kappa shape index (κ2) is 9.69. The van der Waals surface area contributed by atoms with Crippen LogP contribution in [0.1, 0.15) is 22.8 Å². The number of rotatable bonds is 8. The lowest BCUT2D eigenvalue weighted by atomic mass is 10.1. The van der Waals surface area contributed by atoms with Gasteiger partial charge in [-0.2, -0.15) is 4.72 Å². The van der Waals surface area contributed by atoms with Crippen molar-refractivity contribution in [2.45, 2.75) is 18.2 Å². The van der Waals surface area contributed by atoms with Crippen molar-refractivity contribution in [3.05, 3.63) is 59.7 Å². The van der Waals surface area contributed by atoms with Gasteiger partial charge in [0.25, 0.3) is 5.91 Å². The van der Waals surface area contributed by atoms with Gasteiger partial charge in [-0.1, -0.05) is 37.1 Å². The van der Waals surface area contributed by atoms with Gasteiger partial charge in [0.1, 0.15) is 0 Å². The van der Waals surface area contributed by atoms with Crippen molar-refractivity contribution < 1.29 is 22.7 Å². The second-order valence-electron chi connectivity index (χ2n) is 5.69. The molecule has 0 atom stereocenters. The van der Waals surface area contributed by atoms with Gasteiger partial charge >= 0.3 is 5.97 Å². The Morgan fingerprint density at radius 2 is 1.89 bits per heavy atom. The number of carbonyl (C=O) groups excluding carboxylic acids is 2. The average Bonchev–Trinajstić information content (AvgIpc) is 2.71. The van der Waals surface area contributed by atoms with Crippen LogP contribution >= 0.6 is 0 Å². The zero-order chi connectivity index (χ0) is 20.6. The minimum Gasteiger partial charge on any atom is -0.452 e. The van der Waals surface area contributed by atoms with E-state index in [0.29, 0.717) is 5.69 Å². The molecule has 0 aromatic heterocycles. The van der Waals surface area contributed by atoms with Crippen molar-refractivity contribution in [3.63, 3.8) is 0 Å². The Kier molecular flexibility index (Phi) is 7.32. The van der Waals surface area contributed by atoms with E-state index < -0.39 is 28.5 Å². The van der Waals surface area contributed by atoms with Crippen LogP contribution in [0, 0.1) is 12.3 Å². The molecule has 1 amide bonds. The van der Waals surface area contributed by atoms with E-state index in [1.807, 2.05) is 19.1 Å². The molecule has 0 spiro atoms. The van der Waals surface area contributed by atoms with E-state index in [2.05, 4.69) is 16.0 Å². The van der Waals surface area contributed by atoms with Crippen molar-refractivity contribution in [1.82, 2.24) is 4.72 Å². The monoisotopic (exact) mass is 400 g/mol. The maximum Gasteiger partial charge on any atom is 0.338 e. The first-order valence-corrected chi connectivity index (χ1v) is 9.93. The Balaban J connectivity index is 2.01. The number of esters is 1. The molecule has 8 heteroatoms. The van der Waals surface area contributed by atoms with Crippen molar-refractivity contribution in [1.29, 1.82) is 0 Å². The van der Waals surface area contributed by atoms with Crippen LogP contribution in [0.25, 0.3) is 0 Å². The lowest BCUT2D eigenvalue weighted by Gasteiger charge is -2.10. The van der Waals surface area contributed by atoms with Crippen LogP contribution < -0.4 is 10.0 Å². The van der Waals surface area contributed by atoms with Crippen LogP contribution in [0.4, 0.5) is 5.69 Å². The molecule has 0 aliphatic heterocycles. The highest BCUT2D eigenvalue weighted by atomic mass is 32.2. The minimum atomic E-state index is -3.84. The highest BCUT2D eigenvalue weighted by molar-refractivity contribution is 7.89. The largest absolute Gasteiger partial charge is 0.452 e. The van der Waals surface area contributed by atoms with Crippen molar-refractivity contribution >= 4 is 27.6 Å². The van der Waals surface area contributed by atoms with Gasteiger partial charge in [0, 0.05) is 5.69 Å². The van der Waals surface area contributed by atoms with Crippen LogP contribution in [0.2, 0.25) is 0 Å². The molecule has 0 unspecified atom stereocenters. The fraction of sp³-hybridized carbons (Fsp3) is 0.200. The quantitative estimate of drug-likeness (QED) is 0.521.